The van der Waals surface area contributed by atoms with Gasteiger partial charge in [-0.3, -0.25) is 20.2 Å². The van der Waals surface area contributed by atoms with Gasteiger partial charge in [-0.1, -0.05) is 0 Å². The lowest BCUT2D eigenvalue weighted by Gasteiger charge is -2.35. The van der Waals surface area contributed by atoms with Crippen LogP contribution in [0.5, 0.6) is 0 Å². The first-order valence-corrected chi connectivity index (χ1v) is 8.97. The van der Waals surface area contributed by atoms with E-state index in [1.807, 2.05) is 10.9 Å². The van der Waals surface area contributed by atoms with Crippen LogP contribution in [0.3, 0.4) is 0 Å². The highest BCUT2D eigenvalue weighted by Gasteiger charge is 2.28. The maximum Gasteiger partial charge on any atom is 0.343 e. The highest BCUT2D eigenvalue weighted by Crippen LogP contribution is 2.11. The van der Waals surface area contributed by atoms with E-state index in [1.54, 1.807) is 23.5 Å². The molecule has 0 spiro atoms. The molecule has 2 aromatic heterocycles. The van der Waals surface area contributed by atoms with Crippen molar-refractivity contribution in [2.75, 3.05) is 44.3 Å². The molecular weight excluding hydrogens is 348 g/mol. The van der Waals surface area contributed by atoms with Crippen molar-refractivity contribution < 1.29 is 4.79 Å². The monoisotopic (exact) mass is 368 g/mol. The van der Waals surface area contributed by atoms with Gasteiger partial charge in [0.1, 0.15) is 18.3 Å². The van der Waals surface area contributed by atoms with Crippen LogP contribution in [0.25, 0.3) is 5.82 Å². The van der Waals surface area contributed by atoms with E-state index in [-0.39, 0.29) is 6.03 Å². The molecule has 2 fully saturated rings. The van der Waals surface area contributed by atoms with E-state index in [9.17, 15) is 4.79 Å². The van der Waals surface area contributed by atoms with Crippen LogP contribution in [0.4, 0.5) is 10.6 Å². The Kier molecular flexibility index (Phi) is 3.85. The minimum Gasteiger partial charge on any atom is -0.353 e. The first-order valence-electron chi connectivity index (χ1n) is 8.97. The highest BCUT2D eigenvalue weighted by molar-refractivity contribution is 5.85. The van der Waals surface area contributed by atoms with Gasteiger partial charge in [-0.2, -0.15) is 5.10 Å². The average molecular weight is 368 g/mol. The molecular formula is C16H20N10O. The average Bonchev–Trinajstić information content (AvgIpc) is 3.31. The fraction of sp³-hybridized carbons (Fsp3) is 0.438. The Labute approximate surface area is 155 Å². The Hall–Kier alpha value is -3.21. The number of hydrogen-bond acceptors (Lipinski definition) is 8. The molecule has 2 saturated heterocycles. The summed E-state index contributed by atoms with van der Waals surface area (Å²) in [7, 11) is 0. The van der Waals surface area contributed by atoms with Crippen molar-refractivity contribution in [3.63, 3.8) is 0 Å². The van der Waals surface area contributed by atoms with E-state index >= 15 is 0 Å². The lowest BCUT2D eigenvalue weighted by molar-refractivity contribution is 0.225. The third kappa shape index (κ3) is 2.85. The molecule has 3 aliphatic rings. The zero-order valence-corrected chi connectivity index (χ0v) is 14.7. The zero-order valence-electron chi connectivity index (χ0n) is 14.7. The standard InChI is InChI=1S/C16H20N10O/c27-16-22-21-15-12-9-20-26(14(12)19-11-25(15)16)8-5-23-3-6-24(7-4-23)13-10-17-1-2-18-13/h1-2,9-10,21H,3-8,11H2,(H,22,27). The SMILES string of the molecule is O=C1NNC2=c3cnn(CCN4CCN(c5cnccn5)CC4)c3=NCN12. The number of anilines is 1. The normalized spacial score (nSPS) is 19.3. The van der Waals surface area contributed by atoms with Crippen LogP contribution in [-0.2, 0) is 6.54 Å². The molecule has 27 heavy (non-hydrogen) atoms. The van der Waals surface area contributed by atoms with Crippen molar-refractivity contribution >= 4 is 17.7 Å². The number of nitrogens with one attached hydrogen (secondary N) is 2. The van der Waals surface area contributed by atoms with Gasteiger partial charge in [0.2, 0.25) is 0 Å². The Balaban J connectivity index is 1.23. The van der Waals surface area contributed by atoms with Gasteiger partial charge in [-0.25, -0.2) is 24.9 Å². The number of urea groups is 1. The topological polar surface area (TPSA) is 107 Å². The summed E-state index contributed by atoms with van der Waals surface area (Å²) in [6.07, 6.45) is 7.00. The fourth-order valence-electron chi connectivity index (χ4n) is 3.60. The predicted octanol–water partition coefficient (Wildman–Crippen LogP) is -2.32. The summed E-state index contributed by atoms with van der Waals surface area (Å²) >= 11 is 0. The van der Waals surface area contributed by atoms with Gasteiger partial charge >= 0.3 is 6.03 Å². The Morgan fingerprint density at radius 1 is 1.04 bits per heavy atom. The van der Waals surface area contributed by atoms with Crippen molar-refractivity contribution in [2.24, 2.45) is 4.99 Å². The quantitative estimate of drug-likeness (QED) is 0.624. The lowest BCUT2D eigenvalue weighted by atomic mass is 10.3. The minimum atomic E-state index is -0.187. The van der Waals surface area contributed by atoms with Gasteiger partial charge in [0.25, 0.3) is 0 Å². The van der Waals surface area contributed by atoms with E-state index in [1.165, 1.54) is 0 Å². The van der Waals surface area contributed by atoms with Crippen LogP contribution in [0.2, 0.25) is 0 Å². The van der Waals surface area contributed by atoms with Crippen LogP contribution in [0, 0.1) is 0 Å². The molecule has 11 heteroatoms. The van der Waals surface area contributed by atoms with Crippen LogP contribution >= 0.6 is 0 Å². The molecule has 0 atom stereocenters. The molecule has 2 aromatic rings. The van der Waals surface area contributed by atoms with Crippen molar-refractivity contribution in [1.82, 2.24) is 40.4 Å². The van der Waals surface area contributed by atoms with Crippen LogP contribution in [0.15, 0.2) is 29.8 Å². The molecule has 3 aliphatic heterocycles. The Bertz CT molecular complexity index is 963. The van der Waals surface area contributed by atoms with Crippen LogP contribution in [0.1, 0.15) is 0 Å². The van der Waals surface area contributed by atoms with Gasteiger partial charge in [-0.15, -0.1) is 0 Å². The first-order chi connectivity index (χ1) is 13.3. The molecule has 0 aliphatic carbocycles. The number of hydrogen-bond donors (Lipinski definition) is 2. The number of amides is 2. The van der Waals surface area contributed by atoms with Crippen molar-refractivity contribution in [3.8, 4) is 0 Å². The molecule has 2 amide bonds. The third-order valence-corrected chi connectivity index (χ3v) is 5.11. The summed E-state index contributed by atoms with van der Waals surface area (Å²) in [6.45, 7) is 5.80. The highest BCUT2D eigenvalue weighted by atomic mass is 16.2. The fourth-order valence-corrected chi connectivity index (χ4v) is 3.60. The Morgan fingerprint density at radius 3 is 2.74 bits per heavy atom. The van der Waals surface area contributed by atoms with Crippen molar-refractivity contribution in [1.29, 1.82) is 0 Å². The number of carbonyl (C=O) groups excluding carboxylic acids is 1. The molecule has 0 saturated carbocycles. The predicted molar refractivity (Wildman–Crippen MR) is 95.5 cm³/mol. The summed E-state index contributed by atoms with van der Waals surface area (Å²) in [5.41, 5.74) is 6.32. The number of nitrogens with zero attached hydrogens (tertiary/aromatic N) is 8. The molecule has 5 heterocycles. The minimum absolute atomic E-state index is 0.187. The van der Waals surface area contributed by atoms with Gasteiger partial charge in [0.15, 0.2) is 5.49 Å². The van der Waals surface area contributed by atoms with E-state index in [0.29, 0.717) is 6.67 Å². The number of piperazine rings is 1. The van der Waals surface area contributed by atoms with Gasteiger partial charge < -0.3 is 4.90 Å². The summed E-state index contributed by atoms with van der Waals surface area (Å²) in [5.74, 6) is 1.67. The van der Waals surface area contributed by atoms with Crippen LogP contribution in [-0.4, -0.2) is 75.0 Å². The summed E-state index contributed by atoms with van der Waals surface area (Å²) in [5, 5.41) is 5.32. The molecule has 2 N–H and O–H groups in total. The van der Waals surface area contributed by atoms with Crippen molar-refractivity contribution in [2.45, 2.75) is 6.54 Å². The van der Waals surface area contributed by atoms with Crippen molar-refractivity contribution in [3.05, 3.63) is 35.5 Å². The smallest absolute Gasteiger partial charge is 0.343 e. The number of carbonyl (C=O) groups is 1. The number of hydrazine groups is 1. The number of aromatic nitrogens is 4. The number of rotatable bonds is 4. The van der Waals surface area contributed by atoms with E-state index < -0.39 is 0 Å². The maximum absolute atomic E-state index is 11.7. The Morgan fingerprint density at radius 2 is 1.93 bits per heavy atom. The molecule has 5 rings (SSSR count). The maximum atomic E-state index is 11.7. The van der Waals surface area contributed by atoms with Gasteiger partial charge in [-0.05, 0) is 0 Å². The first kappa shape index (κ1) is 16.0. The largest absolute Gasteiger partial charge is 0.353 e. The molecule has 0 bridgehead atoms. The second-order valence-electron chi connectivity index (χ2n) is 6.63. The van der Waals surface area contributed by atoms with E-state index in [4.69, 9.17) is 0 Å². The van der Waals surface area contributed by atoms with Gasteiger partial charge in [0.05, 0.1) is 24.2 Å². The van der Waals surface area contributed by atoms with E-state index in [2.05, 4.69) is 40.7 Å². The molecule has 11 nitrogen and oxygen atoms in total. The summed E-state index contributed by atoms with van der Waals surface area (Å²) in [6, 6.07) is -0.187. The second kappa shape index (κ2) is 6.50. The lowest BCUT2D eigenvalue weighted by Crippen LogP contribution is -2.48. The molecule has 0 aromatic carbocycles. The molecule has 140 valence electrons. The zero-order chi connectivity index (χ0) is 18.2. The summed E-state index contributed by atoms with van der Waals surface area (Å²) < 4.78 is 1.92. The third-order valence-electron chi connectivity index (χ3n) is 5.11. The second-order valence-corrected chi connectivity index (χ2v) is 6.63. The van der Waals surface area contributed by atoms with E-state index in [0.717, 1.165) is 61.6 Å². The molecule has 0 unspecified atom stereocenters. The number of fused-ring (bicyclic) bond motifs is 2. The van der Waals surface area contributed by atoms with Gasteiger partial charge in [0, 0.05) is 45.1 Å². The van der Waals surface area contributed by atoms with Crippen LogP contribution < -0.4 is 26.5 Å². The summed E-state index contributed by atoms with van der Waals surface area (Å²) in [4.78, 5) is 31.0. The molecule has 0 radical (unpaired) electrons.